The minimum absolute atomic E-state index is 0.00468. The Hall–Kier alpha value is -6.41. The van der Waals surface area contributed by atoms with Crippen LogP contribution in [-0.2, 0) is 14.4 Å². The van der Waals surface area contributed by atoms with Gasteiger partial charge in [-0.15, -0.1) is 23.1 Å². The monoisotopic (exact) mass is 960 g/mol. The van der Waals surface area contributed by atoms with Crippen LogP contribution in [0.15, 0.2) is 132 Å². The van der Waals surface area contributed by atoms with Crippen LogP contribution in [0.3, 0.4) is 0 Å². The van der Waals surface area contributed by atoms with E-state index in [1.807, 2.05) is 0 Å². The average Bonchev–Trinajstić information content (AvgIpc) is 4.00. The summed E-state index contributed by atoms with van der Waals surface area (Å²) in [5, 5.41) is 5.55. The van der Waals surface area contributed by atoms with Gasteiger partial charge < -0.3 is 9.47 Å². The fraction of sp³-hybridized carbons (Fsp3) is 0.275. The summed E-state index contributed by atoms with van der Waals surface area (Å²) >= 11 is 2.93. The van der Waals surface area contributed by atoms with Gasteiger partial charge in [0.25, 0.3) is 0 Å². The fourth-order valence-electron chi connectivity index (χ4n) is 7.93. The number of ketones is 1. The summed E-state index contributed by atoms with van der Waals surface area (Å²) in [5.41, 5.74) is 0.728. The van der Waals surface area contributed by atoms with Crippen molar-refractivity contribution in [2.75, 3.05) is 38.6 Å². The molecule has 348 valence electrons. The van der Waals surface area contributed by atoms with Crippen LogP contribution in [0.5, 0.6) is 23.0 Å². The van der Waals surface area contributed by atoms with Gasteiger partial charge in [-0.3, -0.25) is 19.4 Å². The molecule has 0 radical (unpaired) electrons. The SMILES string of the molecule is CC(=O)Oc1ccc(OC(=O)N(C)CCN(CCCCCC[PH](c2ccccc2)(c2ccccc2)c2ccccc2)C(=O)Oc2ccc3nc(C4=NC(C(C)=O)CS4)sc3c2)cc1OC(C)=O. The Labute approximate surface area is 398 Å². The third kappa shape index (κ3) is 12.5. The van der Waals surface area contributed by atoms with Gasteiger partial charge in [0.05, 0.1) is 5.52 Å². The molecule has 67 heavy (non-hydrogen) atoms. The molecule has 0 saturated carbocycles. The van der Waals surface area contributed by atoms with Crippen molar-refractivity contribution in [3.63, 3.8) is 0 Å². The molecule has 0 saturated heterocycles. The molecule has 7 rings (SSSR count). The summed E-state index contributed by atoms with van der Waals surface area (Å²) in [4.78, 5) is 74.8. The van der Waals surface area contributed by atoms with E-state index < -0.39 is 31.4 Å². The van der Waals surface area contributed by atoms with Crippen molar-refractivity contribution < 1.29 is 42.9 Å². The van der Waals surface area contributed by atoms with Crippen molar-refractivity contribution >= 4 is 91.4 Å². The zero-order chi connectivity index (χ0) is 47.3. The second-order valence-corrected chi connectivity index (χ2v) is 22.2. The Kier molecular flexibility index (Phi) is 16.6. The van der Waals surface area contributed by atoms with Crippen LogP contribution in [0.4, 0.5) is 9.59 Å². The zero-order valence-corrected chi connectivity index (χ0v) is 40.5. The van der Waals surface area contributed by atoms with Crippen LogP contribution >= 0.6 is 30.4 Å². The van der Waals surface area contributed by atoms with Crippen molar-refractivity contribution in [2.45, 2.75) is 52.5 Å². The first-order valence-electron chi connectivity index (χ1n) is 22.1. The van der Waals surface area contributed by atoms with E-state index in [2.05, 4.69) is 96.0 Å². The number of thioether (sulfide) groups is 1. The van der Waals surface area contributed by atoms with E-state index in [-0.39, 0.29) is 42.2 Å². The molecule has 1 atom stereocenters. The Bertz CT molecular complexity index is 2640. The molecule has 0 aliphatic carbocycles. The molecule has 1 unspecified atom stereocenters. The molecule has 0 fully saturated rings. The quantitative estimate of drug-likeness (QED) is 0.0331. The fourth-order valence-corrected chi connectivity index (χ4v) is 15.0. The number of rotatable bonds is 19. The number of esters is 2. The van der Waals surface area contributed by atoms with E-state index in [1.165, 1.54) is 76.0 Å². The van der Waals surface area contributed by atoms with Gasteiger partial charge in [0.2, 0.25) is 0 Å². The number of carbonyl (C=O) groups excluding carboxylic acids is 5. The molecular formula is C51H53N4O9PS2. The second kappa shape index (κ2) is 22.9. The molecule has 6 aromatic rings. The number of amides is 2. The smallest absolute Gasteiger partial charge is 0.308 e. The number of likely N-dealkylation sites (N-methyl/N-ethyl adjacent to an activating group) is 1. The summed E-state index contributed by atoms with van der Waals surface area (Å²) in [5.74, 6) is -0.350. The van der Waals surface area contributed by atoms with Gasteiger partial charge in [0.15, 0.2) is 17.3 Å². The van der Waals surface area contributed by atoms with E-state index in [9.17, 15) is 24.0 Å². The standard InChI is InChI=1S/C51H53N4O9PS2/c1-35(56)44-34-66-48(53-44)49-52-43-26-24-39(33-47(43)67-49)64-51(60)55(30-29-54(4)50(59)63-38-25-27-45(61-36(2)57)46(32-38)62-37(3)58)28-16-5-6-17-31-65(40-18-10-7-11-19-40,41-20-12-8-13-21-41)42-22-14-9-15-23-42/h7-15,18-27,32-33,44,65H,5-6,16-17,28-31,34H2,1-4H3. The molecule has 0 N–H and O–H groups in total. The molecule has 1 aromatic heterocycles. The van der Waals surface area contributed by atoms with Gasteiger partial charge in [-0.2, -0.15) is 0 Å². The van der Waals surface area contributed by atoms with Crippen molar-refractivity contribution in [1.29, 1.82) is 0 Å². The number of ether oxygens (including phenoxy) is 4. The average molecular weight is 961 g/mol. The molecule has 0 spiro atoms. The van der Waals surface area contributed by atoms with Crippen LogP contribution in [0.25, 0.3) is 10.2 Å². The van der Waals surface area contributed by atoms with Crippen molar-refractivity contribution in [3.05, 3.63) is 132 Å². The minimum Gasteiger partial charge on any atom is -0.423 e. The third-order valence-electron chi connectivity index (χ3n) is 11.3. The number of benzene rings is 5. The number of hydrogen-bond donors (Lipinski definition) is 0. The Balaban J connectivity index is 1.03. The van der Waals surface area contributed by atoms with Crippen molar-refractivity contribution in [2.24, 2.45) is 4.99 Å². The van der Waals surface area contributed by atoms with E-state index in [0.29, 0.717) is 29.5 Å². The van der Waals surface area contributed by atoms with Gasteiger partial charge in [-0.05, 0) is 19.1 Å². The number of Topliss-reactive ketones (excluding diaryl/α,β-unsaturated/α-hetero) is 1. The van der Waals surface area contributed by atoms with Gasteiger partial charge in [-0.25, -0.2) is 4.98 Å². The first kappa shape index (κ1) is 48.5. The number of nitrogens with zero attached hydrogens (tertiary/aromatic N) is 4. The van der Waals surface area contributed by atoms with Gasteiger partial charge in [0, 0.05) is 25.7 Å². The molecule has 2 heterocycles. The topological polar surface area (TPSA) is 154 Å². The van der Waals surface area contributed by atoms with E-state index in [4.69, 9.17) is 23.9 Å². The number of unbranched alkanes of at least 4 members (excludes halogenated alkanes) is 3. The van der Waals surface area contributed by atoms with Crippen molar-refractivity contribution in [3.8, 4) is 23.0 Å². The van der Waals surface area contributed by atoms with Gasteiger partial charge in [-0.1, -0.05) is 0 Å². The summed E-state index contributed by atoms with van der Waals surface area (Å²) in [6, 6.07) is 41.5. The minimum atomic E-state index is -2.39. The van der Waals surface area contributed by atoms with Crippen LogP contribution < -0.4 is 34.9 Å². The van der Waals surface area contributed by atoms with E-state index in [0.717, 1.165) is 40.7 Å². The molecule has 13 nitrogen and oxygen atoms in total. The largest absolute Gasteiger partial charge is 0.423 e. The van der Waals surface area contributed by atoms with Gasteiger partial charge >= 0.3 is 254 Å². The summed E-state index contributed by atoms with van der Waals surface area (Å²) in [6.45, 7) is 4.58. The van der Waals surface area contributed by atoms with Crippen molar-refractivity contribution in [1.82, 2.24) is 14.8 Å². The maximum Gasteiger partial charge on any atom is 0.308 e. The zero-order valence-electron chi connectivity index (χ0n) is 37.8. The van der Waals surface area contributed by atoms with E-state index in [1.54, 1.807) is 37.1 Å². The van der Waals surface area contributed by atoms with Crippen LogP contribution in [-0.4, -0.2) is 94.4 Å². The molecular weight excluding hydrogens is 908 g/mol. The first-order chi connectivity index (χ1) is 32.4. The molecule has 1 aliphatic heterocycles. The summed E-state index contributed by atoms with van der Waals surface area (Å²) < 4.78 is 22.7. The maximum absolute atomic E-state index is 14.0. The molecule has 5 aromatic carbocycles. The summed E-state index contributed by atoms with van der Waals surface area (Å²) in [7, 11) is -0.835. The normalized spacial score (nSPS) is 13.6. The number of fused-ring (bicyclic) bond motifs is 1. The predicted molar refractivity (Wildman–Crippen MR) is 268 cm³/mol. The Morgan fingerprint density at radius 3 is 1.79 bits per heavy atom. The summed E-state index contributed by atoms with van der Waals surface area (Å²) in [6.07, 6.45) is 3.22. The number of hydrogen-bond acceptors (Lipinski definition) is 13. The van der Waals surface area contributed by atoms with Crippen LogP contribution in [0.1, 0.15) is 51.5 Å². The van der Waals surface area contributed by atoms with Crippen LogP contribution in [0, 0.1) is 0 Å². The number of aromatic nitrogens is 1. The molecule has 2 amide bonds. The second-order valence-electron chi connectivity index (χ2n) is 16.1. The van der Waals surface area contributed by atoms with E-state index >= 15 is 0 Å². The first-order valence-corrected chi connectivity index (χ1v) is 26.1. The van der Waals surface area contributed by atoms with Gasteiger partial charge in [0.1, 0.15) is 21.8 Å². The molecule has 0 bridgehead atoms. The maximum atomic E-state index is 14.0. The number of aliphatic imine (C=N–C) groups is 1. The number of carbonyl (C=O) groups is 5. The Morgan fingerprint density at radius 1 is 0.627 bits per heavy atom. The molecule has 1 aliphatic rings. The Morgan fingerprint density at radius 2 is 1.19 bits per heavy atom. The third-order valence-corrected chi connectivity index (χ3v) is 18.6. The molecule has 16 heteroatoms. The predicted octanol–water partition coefficient (Wildman–Crippen LogP) is 8.82. The van der Waals surface area contributed by atoms with Crippen LogP contribution in [0.2, 0.25) is 0 Å². The number of thiazole rings is 1.